The molecule has 0 bridgehead atoms. The Morgan fingerprint density at radius 2 is 1.93 bits per heavy atom. The van der Waals surface area contributed by atoms with Crippen LogP contribution in [0.15, 0.2) is 30.3 Å². The fraction of sp³-hybridized carbons (Fsp3) is 0.417. The average Bonchev–Trinajstić information content (AvgIpc) is 3.01. The second-order valence-electron chi connectivity index (χ2n) is 4.15. The smallest absolute Gasteiger partial charge is 0.314 e. The first-order valence-electron chi connectivity index (χ1n) is 4.94. The van der Waals surface area contributed by atoms with E-state index < -0.39 is 11.4 Å². The van der Waals surface area contributed by atoms with Gasteiger partial charge in [-0.3, -0.25) is 4.79 Å². The molecule has 2 rings (SSSR count). The molecule has 0 radical (unpaired) electrons. The zero-order valence-corrected chi connectivity index (χ0v) is 8.23. The first-order chi connectivity index (χ1) is 6.65. The van der Waals surface area contributed by atoms with Crippen LogP contribution in [0.25, 0.3) is 0 Å². The Kier molecular flexibility index (Phi) is 2.06. The third kappa shape index (κ3) is 1.31. The van der Waals surface area contributed by atoms with Gasteiger partial charge in [0.25, 0.3) is 0 Å². The van der Waals surface area contributed by atoms with Crippen LogP contribution in [-0.2, 0) is 10.2 Å². The van der Waals surface area contributed by atoms with E-state index in [1.807, 2.05) is 37.3 Å². The van der Waals surface area contributed by atoms with Gasteiger partial charge in [0.1, 0.15) is 0 Å². The largest absolute Gasteiger partial charge is 0.481 e. The van der Waals surface area contributed by atoms with Gasteiger partial charge < -0.3 is 5.11 Å². The van der Waals surface area contributed by atoms with E-state index in [1.165, 1.54) is 0 Å². The zero-order chi connectivity index (χ0) is 10.2. The van der Waals surface area contributed by atoms with Crippen LogP contribution in [0.4, 0.5) is 0 Å². The predicted molar refractivity (Wildman–Crippen MR) is 54.2 cm³/mol. The van der Waals surface area contributed by atoms with Crippen molar-refractivity contribution in [1.82, 2.24) is 0 Å². The van der Waals surface area contributed by atoms with Crippen molar-refractivity contribution < 1.29 is 9.90 Å². The maximum Gasteiger partial charge on any atom is 0.314 e. The number of hydrogen-bond acceptors (Lipinski definition) is 1. The van der Waals surface area contributed by atoms with Gasteiger partial charge in [-0.25, -0.2) is 0 Å². The second-order valence-corrected chi connectivity index (χ2v) is 4.15. The molecule has 1 aromatic rings. The number of carboxylic acids is 1. The Bertz CT molecular complexity index is 341. The molecule has 1 aromatic carbocycles. The van der Waals surface area contributed by atoms with E-state index in [0.29, 0.717) is 5.92 Å². The lowest BCUT2D eigenvalue weighted by molar-refractivity contribution is -0.144. The van der Waals surface area contributed by atoms with Crippen LogP contribution in [0.3, 0.4) is 0 Å². The number of carbonyl (C=O) groups is 1. The lowest BCUT2D eigenvalue weighted by Crippen LogP contribution is -2.34. The molecule has 0 heterocycles. The summed E-state index contributed by atoms with van der Waals surface area (Å²) < 4.78 is 0. The van der Waals surface area contributed by atoms with Gasteiger partial charge in [-0.05, 0) is 31.2 Å². The normalized spacial score (nSPS) is 20.1. The van der Waals surface area contributed by atoms with Crippen molar-refractivity contribution in [3.63, 3.8) is 0 Å². The standard InChI is InChI=1S/C12H14O2/c1-12(11(13)14,10-7-8-10)9-5-3-2-4-6-9/h2-6,10H,7-8H2,1H3,(H,13,14)/t12-/m1/s1. The summed E-state index contributed by atoms with van der Waals surface area (Å²) in [5, 5.41) is 9.30. The van der Waals surface area contributed by atoms with Crippen molar-refractivity contribution in [3.8, 4) is 0 Å². The van der Waals surface area contributed by atoms with Gasteiger partial charge in [0.2, 0.25) is 0 Å². The van der Waals surface area contributed by atoms with Crippen LogP contribution in [0, 0.1) is 5.92 Å². The molecule has 74 valence electrons. The van der Waals surface area contributed by atoms with Crippen molar-refractivity contribution in [1.29, 1.82) is 0 Å². The molecule has 1 N–H and O–H groups in total. The minimum atomic E-state index is -0.703. The van der Waals surface area contributed by atoms with Gasteiger partial charge in [-0.1, -0.05) is 30.3 Å². The van der Waals surface area contributed by atoms with E-state index in [1.54, 1.807) is 0 Å². The highest BCUT2D eigenvalue weighted by atomic mass is 16.4. The van der Waals surface area contributed by atoms with Crippen LogP contribution < -0.4 is 0 Å². The first-order valence-corrected chi connectivity index (χ1v) is 4.94. The van der Waals surface area contributed by atoms with Crippen LogP contribution >= 0.6 is 0 Å². The average molecular weight is 190 g/mol. The molecule has 1 fully saturated rings. The Balaban J connectivity index is 2.41. The molecule has 0 aliphatic heterocycles. The molecular formula is C12H14O2. The Hall–Kier alpha value is -1.31. The third-order valence-electron chi connectivity index (χ3n) is 3.21. The molecule has 1 aliphatic carbocycles. The van der Waals surface area contributed by atoms with Crippen molar-refractivity contribution in [3.05, 3.63) is 35.9 Å². The maximum atomic E-state index is 11.3. The Morgan fingerprint density at radius 1 is 1.36 bits per heavy atom. The molecule has 0 unspecified atom stereocenters. The summed E-state index contributed by atoms with van der Waals surface area (Å²) >= 11 is 0. The van der Waals surface area contributed by atoms with E-state index in [2.05, 4.69) is 0 Å². The van der Waals surface area contributed by atoms with E-state index in [4.69, 9.17) is 0 Å². The summed E-state index contributed by atoms with van der Waals surface area (Å²) in [6.07, 6.45) is 2.08. The van der Waals surface area contributed by atoms with Crippen LogP contribution in [0.5, 0.6) is 0 Å². The summed E-state index contributed by atoms with van der Waals surface area (Å²) in [5.41, 5.74) is 0.247. The second kappa shape index (κ2) is 3.12. The summed E-state index contributed by atoms with van der Waals surface area (Å²) in [7, 11) is 0. The van der Waals surface area contributed by atoms with Crippen molar-refractivity contribution >= 4 is 5.97 Å². The summed E-state index contributed by atoms with van der Waals surface area (Å²) in [6, 6.07) is 9.54. The fourth-order valence-corrected chi connectivity index (χ4v) is 1.98. The Labute approximate surface area is 83.6 Å². The van der Waals surface area contributed by atoms with Gasteiger partial charge in [0.15, 0.2) is 0 Å². The SMILES string of the molecule is C[C@@](C(=O)O)(c1ccccc1)C1CC1. The molecular weight excluding hydrogens is 176 g/mol. The summed E-state index contributed by atoms with van der Waals surface area (Å²) in [4.78, 5) is 11.3. The zero-order valence-electron chi connectivity index (χ0n) is 8.23. The topological polar surface area (TPSA) is 37.3 Å². The Morgan fingerprint density at radius 3 is 2.36 bits per heavy atom. The van der Waals surface area contributed by atoms with E-state index in [0.717, 1.165) is 18.4 Å². The van der Waals surface area contributed by atoms with Gasteiger partial charge in [-0.15, -0.1) is 0 Å². The van der Waals surface area contributed by atoms with E-state index in [-0.39, 0.29) is 0 Å². The summed E-state index contributed by atoms with van der Waals surface area (Å²) in [5.74, 6) is -0.381. The van der Waals surface area contributed by atoms with Gasteiger partial charge >= 0.3 is 5.97 Å². The predicted octanol–water partition coefficient (Wildman–Crippen LogP) is 2.44. The molecule has 2 nitrogen and oxygen atoms in total. The molecule has 2 heteroatoms. The highest BCUT2D eigenvalue weighted by molar-refractivity contribution is 5.81. The highest BCUT2D eigenvalue weighted by Gasteiger charge is 2.48. The molecule has 14 heavy (non-hydrogen) atoms. The fourth-order valence-electron chi connectivity index (χ4n) is 1.98. The quantitative estimate of drug-likeness (QED) is 0.794. The van der Waals surface area contributed by atoms with Crippen molar-refractivity contribution in [2.24, 2.45) is 5.92 Å². The van der Waals surface area contributed by atoms with Crippen molar-refractivity contribution in [2.75, 3.05) is 0 Å². The highest BCUT2D eigenvalue weighted by Crippen LogP contribution is 2.47. The molecule has 0 saturated heterocycles. The molecule has 1 saturated carbocycles. The first kappa shape index (κ1) is 9.25. The number of carboxylic acid groups (broad SMARTS) is 1. The van der Waals surface area contributed by atoms with E-state index >= 15 is 0 Å². The molecule has 1 atom stereocenters. The molecule has 0 aromatic heterocycles. The van der Waals surface area contributed by atoms with Gasteiger partial charge in [-0.2, -0.15) is 0 Å². The van der Waals surface area contributed by atoms with Crippen LogP contribution in [-0.4, -0.2) is 11.1 Å². The number of benzene rings is 1. The minimum Gasteiger partial charge on any atom is -0.481 e. The molecule has 1 aliphatic rings. The monoisotopic (exact) mass is 190 g/mol. The van der Waals surface area contributed by atoms with Crippen LogP contribution in [0.1, 0.15) is 25.3 Å². The number of hydrogen-bond donors (Lipinski definition) is 1. The summed E-state index contributed by atoms with van der Waals surface area (Å²) in [6.45, 7) is 1.84. The maximum absolute atomic E-state index is 11.3. The lowest BCUT2D eigenvalue weighted by Gasteiger charge is -2.24. The van der Waals surface area contributed by atoms with Crippen molar-refractivity contribution in [2.45, 2.75) is 25.2 Å². The van der Waals surface area contributed by atoms with E-state index in [9.17, 15) is 9.90 Å². The molecule has 0 amide bonds. The van der Waals surface area contributed by atoms with Gasteiger partial charge in [0, 0.05) is 0 Å². The van der Waals surface area contributed by atoms with Gasteiger partial charge in [0.05, 0.1) is 5.41 Å². The minimum absolute atomic E-state index is 0.322. The van der Waals surface area contributed by atoms with Crippen LogP contribution in [0.2, 0.25) is 0 Å². The lowest BCUT2D eigenvalue weighted by atomic mass is 9.78. The number of rotatable bonds is 3. The molecule has 0 spiro atoms. The third-order valence-corrected chi connectivity index (χ3v) is 3.21. The number of aliphatic carboxylic acids is 1.